The molecule has 1 N–H and O–H groups in total. The van der Waals surface area contributed by atoms with E-state index in [4.69, 9.17) is 4.74 Å². The van der Waals surface area contributed by atoms with Gasteiger partial charge in [-0.3, -0.25) is 0 Å². The van der Waals surface area contributed by atoms with Crippen LogP contribution in [0.3, 0.4) is 0 Å². The van der Waals surface area contributed by atoms with Crippen LogP contribution >= 0.6 is 0 Å². The van der Waals surface area contributed by atoms with Crippen molar-refractivity contribution in [3.8, 4) is 5.75 Å². The van der Waals surface area contributed by atoms with Gasteiger partial charge in [-0.25, -0.2) is 0 Å². The molecule has 0 heterocycles. The Labute approximate surface area is 118 Å². The number of aryl methyl sites for hydroxylation is 1. The van der Waals surface area contributed by atoms with Gasteiger partial charge in [0.2, 0.25) is 0 Å². The van der Waals surface area contributed by atoms with Crippen LogP contribution in [0.4, 0.5) is 0 Å². The molecule has 1 aromatic carbocycles. The van der Waals surface area contributed by atoms with Gasteiger partial charge in [-0.1, -0.05) is 33.8 Å². The van der Waals surface area contributed by atoms with E-state index in [0.717, 1.165) is 18.9 Å². The van der Waals surface area contributed by atoms with E-state index >= 15 is 0 Å². The summed E-state index contributed by atoms with van der Waals surface area (Å²) in [5, 5.41) is 3.47. The number of rotatable bonds is 7. The summed E-state index contributed by atoms with van der Waals surface area (Å²) in [5.41, 5.74) is 2.72. The van der Waals surface area contributed by atoms with Crippen molar-refractivity contribution < 1.29 is 4.74 Å². The topological polar surface area (TPSA) is 21.3 Å². The summed E-state index contributed by atoms with van der Waals surface area (Å²) in [6, 6.07) is 6.93. The van der Waals surface area contributed by atoms with Gasteiger partial charge in [-0.2, -0.15) is 0 Å². The van der Waals surface area contributed by atoms with Gasteiger partial charge in [0.15, 0.2) is 0 Å². The van der Waals surface area contributed by atoms with Gasteiger partial charge < -0.3 is 10.1 Å². The molecule has 1 aromatic rings. The summed E-state index contributed by atoms with van der Waals surface area (Å²) in [7, 11) is 0. The SMILES string of the molecule is Cc1cc(OCCNC(C)C(C)C)ccc1C(C)C. The summed E-state index contributed by atoms with van der Waals surface area (Å²) in [5.74, 6) is 2.20. The molecule has 0 radical (unpaired) electrons. The van der Waals surface area contributed by atoms with Crippen molar-refractivity contribution in [1.82, 2.24) is 5.32 Å². The molecule has 0 spiro atoms. The summed E-state index contributed by atoms with van der Waals surface area (Å²) < 4.78 is 5.79. The van der Waals surface area contributed by atoms with E-state index in [1.54, 1.807) is 0 Å². The van der Waals surface area contributed by atoms with Crippen LogP contribution in [0.5, 0.6) is 5.75 Å². The molecule has 1 rings (SSSR count). The summed E-state index contributed by atoms with van der Waals surface area (Å²) in [6.45, 7) is 14.9. The summed E-state index contributed by atoms with van der Waals surface area (Å²) in [4.78, 5) is 0. The van der Waals surface area contributed by atoms with E-state index < -0.39 is 0 Å². The largest absolute Gasteiger partial charge is 0.492 e. The van der Waals surface area contributed by atoms with Crippen molar-refractivity contribution in [2.45, 2.75) is 53.5 Å². The van der Waals surface area contributed by atoms with E-state index in [1.165, 1.54) is 11.1 Å². The first kappa shape index (κ1) is 16.0. The molecule has 108 valence electrons. The predicted octanol–water partition coefficient (Wildman–Crippen LogP) is 4.13. The zero-order valence-electron chi connectivity index (χ0n) is 13.3. The van der Waals surface area contributed by atoms with Crippen molar-refractivity contribution >= 4 is 0 Å². The van der Waals surface area contributed by atoms with Crippen LogP contribution in [-0.2, 0) is 0 Å². The molecule has 0 aromatic heterocycles. The second-order valence-corrected chi connectivity index (χ2v) is 6.01. The third-order valence-corrected chi connectivity index (χ3v) is 3.70. The van der Waals surface area contributed by atoms with Crippen molar-refractivity contribution in [3.05, 3.63) is 29.3 Å². The third-order valence-electron chi connectivity index (χ3n) is 3.70. The molecule has 0 aliphatic carbocycles. The highest BCUT2D eigenvalue weighted by Crippen LogP contribution is 2.23. The Bertz CT molecular complexity index is 385. The summed E-state index contributed by atoms with van der Waals surface area (Å²) >= 11 is 0. The Hall–Kier alpha value is -1.02. The lowest BCUT2D eigenvalue weighted by Gasteiger charge is -2.18. The predicted molar refractivity (Wildman–Crippen MR) is 83.1 cm³/mol. The third kappa shape index (κ3) is 5.23. The second-order valence-electron chi connectivity index (χ2n) is 6.01. The zero-order chi connectivity index (χ0) is 14.4. The Balaban J connectivity index is 2.40. The molecule has 0 bridgehead atoms. The number of nitrogens with one attached hydrogen (secondary N) is 1. The maximum atomic E-state index is 5.79. The van der Waals surface area contributed by atoms with E-state index in [2.05, 4.69) is 65.1 Å². The van der Waals surface area contributed by atoms with Gasteiger partial charge in [0.05, 0.1) is 0 Å². The number of hydrogen-bond donors (Lipinski definition) is 1. The van der Waals surface area contributed by atoms with Gasteiger partial charge >= 0.3 is 0 Å². The Kier molecular flexibility index (Phi) is 6.36. The fourth-order valence-corrected chi connectivity index (χ4v) is 2.08. The minimum atomic E-state index is 0.536. The number of hydrogen-bond acceptors (Lipinski definition) is 2. The first-order valence-corrected chi connectivity index (χ1v) is 7.38. The molecule has 2 nitrogen and oxygen atoms in total. The normalized spacial score (nSPS) is 13.1. The van der Waals surface area contributed by atoms with Crippen LogP contribution in [0.1, 0.15) is 51.7 Å². The zero-order valence-corrected chi connectivity index (χ0v) is 13.3. The second kappa shape index (κ2) is 7.54. The standard InChI is InChI=1S/C17H29NO/c1-12(2)15(6)18-9-10-19-16-7-8-17(13(3)4)14(5)11-16/h7-8,11-13,15,18H,9-10H2,1-6H3. The molecule has 0 fully saturated rings. The fraction of sp³-hybridized carbons (Fsp3) is 0.647. The van der Waals surface area contributed by atoms with E-state index in [0.29, 0.717) is 17.9 Å². The molecule has 0 amide bonds. The van der Waals surface area contributed by atoms with Crippen molar-refractivity contribution in [2.75, 3.05) is 13.2 Å². The molecule has 19 heavy (non-hydrogen) atoms. The molecule has 0 aliphatic heterocycles. The van der Waals surface area contributed by atoms with Crippen molar-refractivity contribution in [3.63, 3.8) is 0 Å². The lowest BCUT2D eigenvalue weighted by molar-refractivity contribution is 0.296. The lowest BCUT2D eigenvalue weighted by atomic mass is 9.98. The van der Waals surface area contributed by atoms with E-state index in [9.17, 15) is 0 Å². The Morgan fingerprint density at radius 2 is 1.79 bits per heavy atom. The number of ether oxygens (including phenoxy) is 1. The molecular formula is C17H29NO. The highest BCUT2D eigenvalue weighted by atomic mass is 16.5. The van der Waals surface area contributed by atoms with Gasteiger partial charge in [0, 0.05) is 12.6 Å². The van der Waals surface area contributed by atoms with Gasteiger partial charge in [-0.15, -0.1) is 0 Å². The lowest BCUT2D eigenvalue weighted by Crippen LogP contribution is -2.33. The first-order valence-electron chi connectivity index (χ1n) is 7.38. The molecule has 0 saturated carbocycles. The highest BCUT2D eigenvalue weighted by Gasteiger charge is 2.06. The van der Waals surface area contributed by atoms with Crippen LogP contribution in [0.15, 0.2) is 18.2 Å². The molecular weight excluding hydrogens is 234 g/mol. The maximum absolute atomic E-state index is 5.79. The highest BCUT2D eigenvalue weighted by molar-refractivity contribution is 5.36. The van der Waals surface area contributed by atoms with Crippen LogP contribution in [-0.4, -0.2) is 19.2 Å². The minimum absolute atomic E-state index is 0.536. The minimum Gasteiger partial charge on any atom is -0.492 e. The monoisotopic (exact) mass is 263 g/mol. The van der Waals surface area contributed by atoms with Crippen LogP contribution in [0, 0.1) is 12.8 Å². The van der Waals surface area contributed by atoms with Gasteiger partial charge in [-0.05, 0) is 48.9 Å². The average Bonchev–Trinajstić information content (AvgIpc) is 2.33. The molecule has 1 unspecified atom stereocenters. The van der Waals surface area contributed by atoms with Crippen LogP contribution in [0.2, 0.25) is 0 Å². The van der Waals surface area contributed by atoms with Crippen molar-refractivity contribution in [1.29, 1.82) is 0 Å². The molecule has 0 saturated heterocycles. The first-order chi connectivity index (χ1) is 8.91. The van der Waals surface area contributed by atoms with Gasteiger partial charge in [0.1, 0.15) is 12.4 Å². The Morgan fingerprint density at radius 3 is 2.32 bits per heavy atom. The molecule has 0 aliphatic rings. The smallest absolute Gasteiger partial charge is 0.119 e. The number of benzene rings is 1. The van der Waals surface area contributed by atoms with Gasteiger partial charge in [0.25, 0.3) is 0 Å². The maximum Gasteiger partial charge on any atom is 0.119 e. The van der Waals surface area contributed by atoms with E-state index in [-0.39, 0.29) is 0 Å². The fourth-order valence-electron chi connectivity index (χ4n) is 2.08. The van der Waals surface area contributed by atoms with Crippen molar-refractivity contribution in [2.24, 2.45) is 5.92 Å². The average molecular weight is 263 g/mol. The van der Waals surface area contributed by atoms with E-state index in [1.807, 2.05) is 0 Å². The van der Waals surface area contributed by atoms with Crippen LogP contribution in [0.25, 0.3) is 0 Å². The Morgan fingerprint density at radius 1 is 1.11 bits per heavy atom. The molecule has 2 heteroatoms. The molecule has 1 atom stereocenters. The van der Waals surface area contributed by atoms with Crippen LogP contribution < -0.4 is 10.1 Å². The summed E-state index contributed by atoms with van der Waals surface area (Å²) in [6.07, 6.45) is 0. The quantitative estimate of drug-likeness (QED) is 0.747.